The van der Waals surface area contributed by atoms with Gasteiger partial charge in [0.15, 0.2) is 0 Å². The van der Waals surface area contributed by atoms with Crippen molar-refractivity contribution in [1.82, 2.24) is 5.32 Å². The molecule has 2 aromatic rings. The molecule has 1 aliphatic rings. The van der Waals surface area contributed by atoms with Gasteiger partial charge in [-0.2, -0.15) is 18.4 Å². The second kappa shape index (κ2) is 13.7. The highest BCUT2D eigenvalue weighted by molar-refractivity contribution is 5.75. The van der Waals surface area contributed by atoms with Gasteiger partial charge in [0.2, 0.25) is 0 Å². The van der Waals surface area contributed by atoms with E-state index in [9.17, 15) is 28.0 Å². The van der Waals surface area contributed by atoms with Gasteiger partial charge in [-0.15, -0.1) is 0 Å². The first-order valence-electron chi connectivity index (χ1n) is 13.3. The minimum atomic E-state index is -5.16. The van der Waals surface area contributed by atoms with E-state index < -0.39 is 30.4 Å². The number of hydrogen-bond acceptors (Lipinski definition) is 7. The summed E-state index contributed by atoms with van der Waals surface area (Å²) in [4.78, 5) is 23.4. The van der Waals surface area contributed by atoms with Crippen molar-refractivity contribution in [1.29, 1.82) is 5.26 Å². The molecule has 1 N–H and O–H groups in total. The zero-order valence-corrected chi connectivity index (χ0v) is 23.0. The fourth-order valence-electron chi connectivity index (χ4n) is 4.93. The van der Waals surface area contributed by atoms with Crippen molar-refractivity contribution in [3.05, 3.63) is 64.7 Å². The average molecular weight is 561 g/mol. The normalized spacial score (nSPS) is 14.2. The average Bonchev–Trinajstić information content (AvgIpc) is 3.30. The summed E-state index contributed by atoms with van der Waals surface area (Å²) < 4.78 is 54.4. The molecule has 0 spiro atoms. The van der Waals surface area contributed by atoms with Crippen molar-refractivity contribution in [2.45, 2.75) is 70.7 Å². The predicted octanol–water partition coefficient (Wildman–Crippen LogP) is 5.08. The number of nitrogens with one attached hydrogen (secondary N) is 1. The molecule has 0 aliphatic heterocycles. The first kappa shape index (κ1) is 31.0. The summed E-state index contributed by atoms with van der Waals surface area (Å²) in [5.41, 5.74) is 3.01. The molecule has 3 rings (SSSR count). The van der Waals surface area contributed by atoms with Gasteiger partial charge in [-0.3, -0.25) is 4.79 Å². The maximum Gasteiger partial charge on any atom is 0.490 e. The SMILES string of the molecule is CCOC(=O)CCc1ccc(C#N)c(OC[C@H](CNC(C)(C)CC2Cc3ccccc3C2)OC(=O)C(F)(F)F)c1. The monoisotopic (exact) mass is 560 g/mol. The van der Waals surface area contributed by atoms with Crippen LogP contribution in [0.1, 0.15) is 55.9 Å². The van der Waals surface area contributed by atoms with Crippen LogP contribution >= 0.6 is 0 Å². The van der Waals surface area contributed by atoms with E-state index in [4.69, 9.17) is 14.2 Å². The maximum atomic E-state index is 13.0. The molecule has 7 nitrogen and oxygen atoms in total. The van der Waals surface area contributed by atoms with Crippen molar-refractivity contribution in [3.8, 4) is 11.8 Å². The van der Waals surface area contributed by atoms with E-state index in [1.165, 1.54) is 17.2 Å². The van der Waals surface area contributed by atoms with Crippen LogP contribution < -0.4 is 10.1 Å². The smallest absolute Gasteiger partial charge is 0.488 e. The van der Waals surface area contributed by atoms with Gasteiger partial charge in [-0.05, 0) is 81.2 Å². The van der Waals surface area contributed by atoms with E-state index in [0.717, 1.165) is 19.3 Å². The van der Waals surface area contributed by atoms with Crippen LogP contribution in [0.2, 0.25) is 0 Å². The quantitative estimate of drug-likeness (QED) is 0.341. The third kappa shape index (κ3) is 9.26. The van der Waals surface area contributed by atoms with Crippen LogP contribution in [0.3, 0.4) is 0 Å². The molecule has 0 radical (unpaired) electrons. The third-order valence-corrected chi connectivity index (χ3v) is 6.76. The first-order valence-corrected chi connectivity index (χ1v) is 13.3. The number of rotatable bonds is 13. The summed E-state index contributed by atoms with van der Waals surface area (Å²) >= 11 is 0. The Balaban J connectivity index is 1.65. The number of alkyl halides is 3. The summed E-state index contributed by atoms with van der Waals surface area (Å²) in [7, 11) is 0. The lowest BCUT2D eigenvalue weighted by Crippen LogP contribution is -2.48. The number of hydrogen-bond donors (Lipinski definition) is 1. The molecule has 2 aromatic carbocycles. The van der Waals surface area contributed by atoms with Crippen LogP contribution in [0.25, 0.3) is 0 Å². The van der Waals surface area contributed by atoms with E-state index in [2.05, 4.69) is 17.4 Å². The molecule has 0 aromatic heterocycles. The molecule has 1 atom stereocenters. The van der Waals surface area contributed by atoms with Gasteiger partial charge in [-0.25, -0.2) is 4.79 Å². The van der Waals surface area contributed by atoms with Crippen LogP contribution in [0.15, 0.2) is 42.5 Å². The number of esters is 2. The van der Waals surface area contributed by atoms with Gasteiger partial charge in [0.05, 0.1) is 12.2 Å². The molecule has 1 aliphatic carbocycles. The molecule has 0 bridgehead atoms. The summed E-state index contributed by atoms with van der Waals surface area (Å²) in [6.07, 6.45) is -3.35. The number of ether oxygens (including phenoxy) is 3. The highest BCUT2D eigenvalue weighted by Crippen LogP contribution is 2.32. The maximum absolute atomic E-state index is 13.0. The lowest BCUT2D eigenvalue weighted by atomic mass is 9.88. The van der Waals surface area contributed by atoms with Crippen molar-refractivity contribution >= 4 is 11.9 Å². The van der Waals surface area contributed by atoms with Crippen LogP contribution in [0, 0.1) is 17.2 Å². The highest BCUT2D eigenvalue weighted by Gasteiger charge is 2.42. The number of aryl methyl sites for hydroxylation is 1. The second-order valence-electron chi connectivity index (χ2n) is 10.6. The number of benzene rings is 2. The van der Waals surface area contributed by atoms with Crippen molar-refractivity contribution in [3.63, 3.8) is 0 Å². The zero-order chi connectivity index (χ0) is 29.3. The van der Waals surface area contributed by atoms with Gasteiger partial charge in [0.25, 0.3) is 0 Å². The number of halogens is 3. The van der Waals surface area contributed by atoms with E-state index in [1.54, 1.807) is 19.1 Å². The Bertz CT molecular complexity index is 1200. The number of carbonyl (C=O) groups excluding carboxylic acids is 2. The summed E-state index contributed by atoms with van der Waals surface area (Å²) in [6.45, 7) is 5.39. The molecule has 216 valence electrons. The van der Waals surface area contributed by atoms with Crippen LogP contribution in [0.5, 0.6) is 5.75 Å². The number of carbonyl (C=O) groups is 2. The molecule has 0 saturated carbocycles. The zero-order valence-electron chi connectivity index (χ0n) is 23.0. The van der Waals surface area contributed by atoms with Gasteiger partial charge in [0, 0.05) is 18.5 Å². The number of nitrogens with zero attached hydrogens (tertiary/aromatic N) is 1. The Hall–Kier alpha value is -3.58. The topological polar surface area (TPSA) is 97.7 Å². The Kier molecular flexibility index (Phi) is 10.6. The largest absolute Gasteiger partial charge is 0.490 e. The van der Waals surface area contributed by atoms with Gasteiger partial charge >= 0.3 is 18.1 Å². The predicted molar refractivity (Wildman–Crippen MR) is 142 cm³/mol. The summed E-state index contributed by atoms with van der Waals surface area (Å²) in [5.74, 6) is -2.18. The van der Waals surface area contributed by atoms with Crippen molar-refractivity contribution < 1.29 is 37.0 Å². The fourth-order valence-corrected chi connectivity index (χ4v) is 4.93. The van der Waals surface area contributed by atoms with Crippen LogP contribution in [-0.2, 0) is 38.3 Å². The molecule has 0 amide bonds. The van der Waals surface area contributed by atoms with Gasteiger partial charge in [-0.1, -0.05) is 30.3 Å². The Morgan fingerprint density at radius 3 is 2.40 bits per heavy atom. The highest BCUT2D eigenvalue weighted by atomic mass is 19.4. The lowest BCUT2D eigenvalue weighted by Gasteiger charge is -2.31. The Labute approximate surface area is 232 Å². The molecule has 10 heteroatoms. The molecule has 0 unspecified atom stereocenters. The summed E-state index contributed by atoms with van der Waals surface area (Å²) in [6, 6.07) is 15.0. The number of nitriles is 1. The molecule has 40 heavy (non-hydrogen) atoms. The third-order valence-electron chi connectivity index (χ3n) is 6.76. The molecular weight excluding hydrogens is 525 g/mol. The lowest BCUT2D eigenvalue weighted by molar-refractivity contribution is -0.205. The Morgan fingerprint density at radius 1 is 1.12 bits per heavy atom. The minimum absolute atomic E-state index is 0.0844. The van der Waals surface area contributed by atoms with Gasteiger partial charge in [0.1, 0.15) is 24.5 Å². The Morgan fingerprint density at radius 2 is 1.80 bits per heavy atom. The standard InChI is InChI=1S/C30H35F3N2O5/c1-4-38-27(36)12-10-20-9-11-24(17-34)26(15-20)39-19-25(40-28(37)30(31,32)33)18-35-29(2,3)16-21-13-22-7-5-6-8-23(22)14-21/h5-9,11,15,21,25,35H,4,10,12-14,16,18-19H2,1-3H3/t25-/m0/s1. The van der Waals surface area contributed by atoms with E-state index in [-0.39, 0.29) is 36.9 Å². The van der Waals surface area contributed by atoms with Gasteiger partial charge < -0.3 is 19.5 Å². The molecular formula is C30H35F3N2O5. The first-order chi connectivity index (χ1) is 18.9. The second-order valence-corrected chi connectivity index (χ2v) is 10.6. The molecule has 0 fully saturated rings. The summed E-state index contributed by atoms with van der Waals surface area (Å²) in [5, 5.41) is 12.7. The molecule has 0 saturated heterocycles. The minimum Gasteiger partial charge on any atom is -0.488 e. The van der Waals surface area contributed by atoms with E-state index in [0.29, 0.717) is 17.9 Å². The fraction of sp³-hybridized carbons (Fsp3) is 0.500. The van der Waals surface area contributed by atoms with Crippen LogP contribution in [0.4, 0.5) is 13.2 Å². The van der Waals surface area contributed by atoms with E-state index >= 15 is 0 Å². The van der Waals surface area contributed by atoms with Crippen molar-refractivity contribution in [2.24, 2.45) is 5.92 Å². The van der Waals surface area contributed by atoms with Crippen molar-refractivity contribution in [2.75, 3.05) is 19.8 Å². The van der Waals surface area contributed by atoms with Crippen LogP contribution in [-0.4, -0.2) is 49.5 Å². The molecule has 0 heterocycles. The van der Waals surface area contributed by atoms with E-state index in [1.807, 2.05) is 32.0 Å². The number of fused-ring (bicyclic) bond motifs is 1.